The van der Waals surface area contributed by atoms with Gasteiger partial charge in [0.1, 0.15) is 0 Å². The maximum atomic E-state index is 2.51. The third-order valence-corrected chi connectivity index (χ3v) is 6.89. The fourth-order valence-corrected chi connectivity index (χ4v) is 5.27. The topological polar surface area (TPSA) is 0 Å². The molecule has 0 aliphatic heterocycles. The van der Waals surface area contributed by atoms with Crippen LogP contribution in [-0.4, -0.2) is 0 Å². The maximum absolute atomic E-state index is 2.51. The van der Waals surface area contributed by atoms with Crippen LogP contribution in [0, 0.1) is 23.7 Å². The minimum Gasteiger partial charge on any atom is -0.0917 e. The first-order valence-corrected chi connectivity index (χ1v) is 11.6. The summed E-state index contributed by atoms with van der Waals surface area (Å²) in [6.07, 6.45) is 31.4. The smallest absolute Gasteiger partial charge is 0.0231 e. The molecule has 2 saturated carbocycles. The normalized spacial score (nSPS) is 31.1. The molecule has 144 valence electrons. The van der Waals surface area contributed by atoms with E-state index in [1.165, 1.54) is 96.3 Å². The molecule has 0 saturated heterocycles. The first kappa shape index (κ1) is 20.8. The lowest BCUT2D eigenvalue weighted by molar-refractivity contribution is 0.242. The van der Waals surface area contributed by atoms with E-state index in [9.17, 15) is 0 Å². The first-order valence-electron chi connectivity index (χ1n) is 11.6. The molecule has 0 radical (unpaired) electrons. The molecule has 0 nitrogen and oxygen atoms in total. The van der Waals surface area contributed by atoms with Crippen LogP contribution in [-0.2, 0) is 0 Å². The molecule has 2 fully saturated rings. The Morgan fingerprint density at radius 2 is 1.44 bits per heavy atom. The van der Waals surface area contributed by atoms with Crippen LogP contribution in [0.2, 0.25) is 0 Å². The van der Waals surface area contributed by atoms with Crippen LogP contribution in [0.3, 0.4) is 0 Å². The number of hydrogen-bond acceptors (Lipinski definition) is 0. The first-order chi connectivity index (χ1) is 12.3. The molecule has 0 aromatic rings. The molecule has 2 unspecified atom stereocenters. The van der Waals surface area contributed by atoms with E-state index in [1.54, 1.807) is 0 Å². The summed E-state index contributed by atoms with van der Waals surface area (Å²) in [6, 6.07) is 0. The second-order valence-electron chi connectivity index (χ2n) is 8.95. The van der Waals surface area contributed by atoms with Crippen molar-refractivity contribution in [1.29, 1.82) is 0 Å². The zero-order valence-electron chi connectivity index (χ0n) is 17.2. The van der Waals surface area contributed by atoms with Crippen molar-refractivity contribution in [2.45, 2.75) is 110 Å². The second-order valence-corrected chi connectivity index (χ2v) is 8.95. The summed E-state index contributed by atoms with van der Waals surface area (Å²) in [7, 11) is 0. The highest BCUT2D eigenvalue weighted by Crippen LogP contribution is 2.36. The van der Waals surface area contributed by atoms with Crippen LogP contribution in [0.4, 0.5) is 0 Å². The SMILES string of the molecule is CC=CCCC1CCC(CCCCC2CCCC(C=CCC)C2)CC1. The molecule has 2 aliphatic carbocycles. The van der Waals surface area contributed by atoms with E-state index in [1.807, 2.05) is 0 Å². The van der Waals surface area contributed by atoms with Crippen molar-refractivity contribution in [2.24, 2.45) is 23.7 Å². The van der Waals surface area contributed by atoms with Crippen molar-refractivity contribution in [1.82, 2.24) is 0 Å². The molecule has 2 atom stereocenters. The minimum atomic E-state index is 0.900. The van der Waals surface area contributed by atoms with Crippen LogP contribution < -0.4 is 0 Å². The highest BCUT2D eigenvalue weighted by Gasteiger charge is 2.22. The average molecular weight is 345 g/mol. The van der Waals surface area contributed by atoms with Gasteiger partial charge >= 0.3 is 0 Å². The van der Waals surface area contributed by atoms with Crippen molar-refractivity contribution in [3.05, 3.63) is 24.3 Å². The van der Waals surface area contributed by atoms with Gasteiger partial charge in [-0.2, -0.15) is 0 Å². The van der Waals surface area contributed by atoms with Crippen LogP contribution in [0.1, 0.15) is 110 Å². The van der Waals surface area contributed by atoms with Crippen LogP contribution in [0.5, 0.6) is 0 Å². The summed E-state index contributed by atoms with van der Waals surface area (Å²) in [5.74, 6) is 4.02. The van der Waals surface area contributed by atoms with Crippen molar-refractivity contribution in [2.75, 3.05) is 0 Å². The predicted molar refractivity (Wildman–Crippen MR) is 113 cm³/mol. The zero-order chi connectivity index (χ0) is 17.7. The van der Waals surface area contributed by atoms with Crippen LogP contribution in [0.25, 0.3) is 0 Å². The van der Waals surface area contributed by atoms with E-state index < -0.39 is 0 Å². The van der Waals surface area contributed by atoms with Gasteiger partial charge < -0.3 is 0 Å². The van der Waals surface area contributed by atoms with E-state index in [0.717, 1.165) is 23.7 Å². The molecule has 0 aromatic carbocycles. The van der Waals surface area contributed by atoms with Gasteiger partial charge in [-0.1, -0.05) is 95.4 Å². The van der Waals surface area contributed by atoms with Crippen LogP contribution in [0.15, 0.2) is 24.3 Å². The molecule has 25 heavy (non-hydrogen) atoms. The van der Waals surface area contributed by atoms with Gasteiger partial charge in [0, 0.05) is 0 Å². The molecule has 0 heteroatoms. The van der Waals surface area contributed by atoms with Gasteiger partial charge in [0.25, 0.3) is 0 Å². The third-order valence-electron chi connectivity index (χ3n) is 6.89. The summed E-state index contributed by atoms with van der Waals surface area (Å²) in [5, 5.41) is 0. The Hall–Kier alpha value is -0.520. The van der Waals surface area contributed by atoms with E-state index in [-0.39, 0.29) is 0 Å². The Bertz CT molecular complexity index is 369. The van der Waals surface area contributed by atoms with Crippen molar-refractivity contribution in [3.8, 4) is 0 Å². The number of hydrogen-bond donors (Lipinski definition) is 0. The van der Waals surface area contributed by atoms with Gasteiger partial charge in [-0.15, -0.1) is 0 Å². The summed E-state index contributed by atoms with van der Waals surface area (Å²) in [5.41, 5.74) is 0. The lowest BCUT2D eigenvalue weighted by Crippen LogP contribution is -2.15. The van der Waals surface area contributed by atoms with E-state index in [4.69, 9.17) is 0 Å². The largest absolute Gasteiger partial charge is 0.0917 e. The van der Waals surface area contributed by atoms with Crippen molar-refractivity contribution >= 4 is 0 Å². The van der Waals surface area contributed by atoms with Crippen LogP contribution >= 0.6 is 0 Å². The Labute approximate surface area is 158 Å². The van der Waals surface area contributed by atoms with Gasteiger partial charge in [0.15, 0.2) is 0 Å². The predicted octanol–water partition coefficient (Wildman–Crippen LogP) is 8.48. The maximum Gasteiger partial charge on any atom is -0.0231 e. The Morgan fingerprint density at radius 1 is 0.760 bits per heavy atom. The third kappa shape index (κ3) is 8.61. The fraction of sp³-hybridized carbons (Fsp3) is 0.840. The van der Waals surface area contributed by atoms with Gasteiger partial charge in [-0.05, 0) is 62.7 Å². The van der Waals surface area contributed by atoms with Crippen molar-refractivity contribution in [3.63, 3.8) is 0 Å². The molecule has 0 heterocycles. The lowest BCUT2D eigenvalue weighted by Gasteiger charge is -2.29. The standard InChI is InChI=1S/C25H44/c1-3-5-7-12-22-17-19-23(20-18-22)13-8-9-14-25-16-10-15-24(21-25)11-6-4-2/h3,5-6,11,22-25H,4,7-10,12-21H2,1-2H3. The lowest BCUT2D eigenvalue weighted by atomic mass is 9.77. The highest BCUT2D eigenvalue weighted by atomic mass is 14.3. The number of rotatable bonds is 10. The van der Waals surface area contributed by atoms with E-state index >= 15 is 0 Å². The minimum absolute atomic E-state index is 0.900. The molecule has 2 aliphatic rings. The van der Waals surface area contributed by atoms with Gasteiger partial charge in [-0.3, -0.25) is 0 Å². The highest BCUT2D eigenvalue weighted by molar-refractivity contribution is 4.90. The second kappa shape index (κ2) is 12.8. The number of unbranched alkanes of at least 4 members (excludes halogenated alkanes) is 1. The zero-order valence-corrected chi connectivity index (χ0v) is 17.2. The molecule has 0 bridgehead atoms. The van der Waals surface area contributed by atoms with E-state index in [2.05, 4.69) is 38.2 Å². The van der Waals surface area contributed by atoms with Gasteiger partial charge in [0.05, 0.1) is 0 Å². The Balaban J connectivity index is 1.51. The summed E-state index contributed by atoms with van der Waals surface area (Å²) < 4.78 is 0. The molecule has 0 aromatic heterocycles. The Kier molecular flexibility index (Phi) is 10.6. The molecular formula is C25H44. The Morgan fingerprint density at radius 3 is 2.12 bits per heavy atom. The van der Waals surface area contributed by atoms with E-state index in [0.29, 0.717) is 0 Å². The summed E-state index contributed by atoms with van der Waals surface area (Å²) >= 11 is 0. The molecule has 0 N–H and O–H groups in total. The average Bonchev–Trinajstić information content (AvgIpc) is 2.65. The fourth-order valence-electron chi connectivity index (χ4n) is 5.27. The summed E-state index contributed by atoms with van der Waals surface area (Å²) in [6.45, 7) is 4.40. The number of allylic oxidation sites excluding steroid dienone is 4. The quantitative estimate of drug-likeness (QED) is 0.275. The van der Waals surface area contributed by atoms with Gasteiger partial charge in [-0.25, -0.2) is 0 Å². The molecule has 0 amide bonds. The van der Waals surface area contributed by atoms with Gasteiger partial charge in [0.2, 0.25) is 0 Å². The van der Waals surface area contributed by atoms with Crippen molar-refractivity contribution < 1.29 is 0 Å². The molecular weight excluding hydrogens is 300 g/mol. The monoisotopic (exact) mass is 344 g/mol. The molecule has 0 spiro atoms. The summed E-state index contributed by atoms with van der Waals surface area (Å²) in [4.78, 5) is 0. The molecule has 2 rings (SSSR count).